The second-order valence-corrected chi connectivity index (χ2v) is 4.92. The van der Waals surface area contributed by atoms with Crippen LogP contribution in [0.2, 0.25) is 0 Å². The fourth-order valence-corrected chi connectivity index (χ4v) is 2.61. The number of ether oxygens (including phenoxy) is 2. The summed E-state index contributed by atoms with van der Waals surface area (Å²) in [5, 5.41) is 0. The predicted octanol–water partition coefficient (Wildman–Crippen LogP) is 3.06. The first-order valence-corrected chi connectivity index (χ1v) is 6.98. The highest BCUT2D eigenvalue weighted by Gasteiger charge is 2.27. The average Bonchev–Trinajstić information content (AvgIpc) is 3.16. The van der Waals surface area contributed by atoms with Crippen LogP contribution in [-0.2, 0) is 9.47 Å². The maximum atomic E-state index is 12.1. The lowest BCUT2D eigenvalue weighted by Crippen LogP contribution is -2.04. The van der Waals surface area contributed by atoms with E-state index < -0.39 is 11.9 Å². The van der Waals surface area contributed by atoms with E-state index in [1.54, 1.807) is 4.40 Å². The zero-order valence-electron chi connectivity index (χ0n) is 13.0. The zero-order valence-corrected chi connectivity index (χ0v) is 13.0. The molecule has 1 aromatic carbocycles. The van der Waals surface area contributed by atoms with Crippen molar-refractivity contribution in [1.29, 1.82) is 0 Å². The van der Waals surface area contributed by atoms with Gasteiger partial charge in [0.05, 0.1) is 26.5 Å². The van der Waals surface area contributed by atoms with E-state index in [0.717, 1.165) is 5.56 Å². The van der Waals surface area contributed by atoms with Crippen LogP contribution in [-0.4, -0.2) is 35.5 Å². The van der Waals surface area contributed by atoms with Gasteiger partial charge in [-0.15, -0.1) is 0 Å². The smallest absolute Gasteiger partial charge is 0.356 e. The maximum absolute atomic E-state index is 12.1. The molecule has 3 rings (SSSR count). The standard InChI is InChI=1S/C17H13N3O4/c1-18-11-9-20-14(10-7-5-4-6-8-10)13(17(22)24-3)19-15(20)12(11)16(21)23-2/h4-9,19H,2-3H3. The summed E-state index contributed by atoms with van der Waals surface area (Å²) in [7, 11) is 2.51. The fraction of sp³-hybridized carbons (Fsp3) is 0.118. The Kier molecular flexibility index (Phi) is 3.80. The molecule has 7 heteroatoms. The summed E-state index contributed by atoms with van der Waals surface area (Å²) in [4.78, 5) is 30.5. The van der Waals surface area contributed by atoms with Crippen LogP contribution in [0.1, 0.15) is 20.8 Å². The molecule has 0 amide bonds. The molecule has 0 unspecified atom stereocenters. The lowest BCUT2D eigenvalue weighted by atomic mass is 10.1. The summed E-state index contributed by atoms with van der Waals surface area (Å²) < 4.78 is 11.2. The largest absolute Gasteiger partial charge is 0.466 e. The number of imidazole rings is 1. The lowest BCUT2D eigenvalue weighted by Gasteiger charge is -2.03. The normalized spacial score (nSPS) is 10.4. The third-order valence-electron chi connectivity index (χ3n) is 3.65. The van der Waals surface area contributed by atoms with E-state index in [9.17, 15) is 9.59 Å². The number of aromatic amines is 1. The molecule has 1 N–H and O–H groups in total. The van der Waals surface area contributed by atoms with Crippen molar-refractivity contribution < 1.29 is 19.1 Å². The van der Waals surface area contributed by atoms with E-state index in [4.69, 9.17) is 16.0 Å². The number of fused-ring (bicyclic) bond motifs is 1. The predicted molar refractivity (Wildman–Crippen MR) is 86.1 cm³/mol. The molecule has 0 aliphatic rings. The number of methoxy groups -OCH3 is 2. The van der Waals surface area contributed by atoms with Gasteiger partial charge < -0.3 is 18.9 Å². The average molecular weight is 323 g/mol. The van der Waals surface area contributed by atoms with Gasteiger partial charge in [-0.3, -0.25) is 0 Å². The van der Waals surface area contributed by atoms with Crippen LogP contribution in [0, 0.1) is 6.57 Å². The highest BCUT2D eigenvalue weighted by molar-refractivity contribution is 6.05. The van der Waals surface area contributed by atoms with Gasteiger partial charge in [0.25, 0.3) is 0 Å². The minimum absolute atomic E-state index is 0.0832. The molecule has 7 nitrogen and oxygen atoms in total. The minimum Gasteiger partial charge on any atom is -0.466 e. The molecule has 0 aliphatic carbocycles. The van der Waals surface area contributed by atoms with Crippen LogP contribution >= 0.6 is 0 Å². The van der Waals surface area contributed by atoms with Crippen LogP contribution < -0.4 is 0 Å². The van der Waals surface area contributed by atoms with E-state index in [1.807, 2.05) is 30.3 Å². The molecule has 0 aliphatic heterocycles. The molecule has 3 aromatic rings. The second-order valence-electron chi connectivity index (χ2n) is 4.92. The molecular formula is C17H13N3O4. The van der Waals surface area contributed by atoms with Crippen LogP contribution in [0.5, 0.6) is 0 Å². The van der Waals surface area contributed by atoms with E-state index in [1.165, 1.54) is 20.4 Å². The first kappa shape index (κ1) is 15.4. The van der Waals surface area contributed by atoms with Crippen molar-refractivity contribution in [3.8, 4) is 11.3 Å². The van der Waals surface area contributed by atoms with Crippen molar-refractivity contribution in [3.05, 3.63) is 59.2 Å². The molecule has 24 heavy (non-hydrogen) atoms. The van der Waals surface area contributed by atoms with Crippen LogP contribution in [0.15, 0.2) is 36.5 Å². The third-order valence-corrected chi connectivity index (χ3v) is 3.65. The van der Waals surface area contributed by atoms with E-state index in [2.05, 4.69) is 9.83 Å². The molecule has 0 radical (unpaired) electrons. The number of benzene rings is 1. The maximum Gasteiger partial charge on any atom is 0.356 e. The van der Waals surface area contributed by atoms with Crippen LogP contribution in [0.3, 0.4) is 0 Å². The Bertz CT molecular complexity index is 977. The van der Waals surface area contributed by atoms with E-state index >= 15 is 0 Å². The molecule has 2 aromatic heterocycles. The Morgan fingerprint density at radius 1 is 1.12 bits per heavy atom. The molecule has 0 saturated heterocycles. The Hall–Kier alpha value is -3.53. The molecular weight excluding hydrogens is 310 g/mol. The summed E-state index contributed by atoms with van der Waals surface area (Å²) in [5.74, 6) is -1.22. The summed E-state index contributed by atoms with van der Waals surface area (Å²) in [6.45, 7) is 7.27. The number of H-pyrrole nitrogens is 1. The number of carbonyl (C=O) groups is 2. The summed E-state index contributed by atoms with van der Waals surface area (Å²) in [6, 6.07) is 9.16. The number of aromatic nitrogens is 2. The minimum atomic E-state index is -0.652. The van der Waals surface area contributed by atoms with Crippen molar-refractivity contribution in [3.63, 3.8) is 0 Å². The monoisotopic (exact) mass is 323 g/mol. The molecule has 0 saturated carbocycles. The van der Waals surface area contributed by atoms with Crippen molar-refractivity contribution in [2.24, 2.45) is 0 Å². The van der Waals surface area contributed by atoms with Crippen molar-refractivity contribution in [2.45, 2.75) is 0 Å². The number of esters is 2. The van der Waals surface area contributed by atoms with Gasteiger partial charge in [0.2, 0.25) is 5.69 Å². The summed E-state index contributed by atoms with van der Waals surface area (Å²) in [5.41, 5.74) is 1.98. The highest BCUT2D eigenvalue weighted by atomic mass is 16.5. The van der Waals surface area contributed by atoms with Gasteiger partial charge in [-0.25, -0.2) is 14.4 Å². The first-order chi connectivity index (χ1) is 11.6. The van der Waals surface area contributed by atoms with Gasteiger partial charge in [-0.05, 0) is 0 Å². The molecule has 120 valence electrons. The Morgan fingerprint density at radius 2 is 1.79 bits per heavy atom. The quantitative estimate of drug-likeness (QED) is 0.593. The number of hydrogen-bond donors (Lipinski definition) is 1. The lowest BCUT2D eigenvalue weighted by molar-refractivity contribution is 0.0587. The van der Waals surface area contributed by atoms with Gasteiger partial charge in [0, 0.05) is 11.8 Å². The van der Waals surface area contributed by atoms with Gasteiger partial charge in [-0.1, -0.05) is 30.3 Å². The number of rotatable bonds is 3. The molecule has 0 atom stereocenters. The molecule has 0 spiro atoms. The number of hydrogen-bond acceptors (Lipinski definition) is 4. The number of nitrogens with one attached hydrogen (secondary N) is 1. The third kappa shape index (κ3) is 2.21. The second kappa shape index (κ2) is 5.93. The van der Waals surface area contributed by atoms with Crippen LogP contribution in [0.25, 0.3) is 21.7 Å². The van der Waals surface area contributed by atoms with E-state index in [-0.39, 0.29) is 16.9 Å². The Balaban J connectivity index is 2.40. The fourth-order valence-electron chi connectivity index (χ4n) is 2.61. The van der Waals surface area contributed by atoms with Gasteiger partial charge >= 0.3 is 11.9 Å². The van der Waals surface area contributed by atoms with E-state index in [0.29, 0.717) is 11.3 Å². The highest BCUT2D eigenvalue weighted by Crippen LogP contribution is 2.33. The summed E-state index contributed by atoms with van der Waals surface area (Å²) in [6.07, 6.45) is 1.50. The van der Waals surface area contributed by atoms with Gasteiger partial charge in [-0.2, -0.15) is 0 Å². The molecule has 0 fully saturated rings. The topological polar surface area (TPSA) is 77.2 Å². The first-order valence-electron chi connectivity index (χ1n) is 6.98. The van der Waals surface area contributed by atoms with Crippen molar-refractivity contribution >= 4 is 23.3 Å². The SMILES string of the molecule is [C-]#[N+]c1cn2c(-c3ccccc3)c(C(=O)OC)[nH]c2c1C(=O)OC. The van der Waals surface area contributed by atoms with Crippen molar-refractivity contribution in [1.82, 2.24) is 9.38 Å². The van der Waals surface area contributed by atoms with Gasteiger partial charge in [0.1, 0.15) is 11.2 Å². The molecule has 2 heterocycles. The van der Waals surface area contributed by atoms with Gasteiger partial charge in [0.15, 0.2) is 5.69 Å². The molecule has 0 bridgehead atoms. The van der Waals surface area contributed by atoms with Crippen molar-refractivity contribution in [2.75, 3.05) is 14.2 Å². The van der Waals surface area contributed by atoms with Crippen LogP contribution in [0.4, 0.5) is 5.69 Å². The Labute approximate surface area is 137 Å². The zero-order chi connectivity index (χ0) is 17.3. The Morgan fingerprint density at radius 3 is 2.38 bits per heavy atom. The number of nitrogens with zero attached hydrogens (tertiary/aromatic N) is 2. The number of carbonyl (C=O) groups excluding carboxylic acids is 2. The summed E-state index contributed by atoms with van der Waals surface area (Å²) >= 11 is 0.